The van der Waals surface area contributed by atoms with Gasteiger partial charge >= 0.3 is 0 Å². The molecule has 0 spiro atoms. The van der Waals surface area contributed by atoms with Gasteiger partial charge in [-0.25, -0.2) is 0 Å². The van der Waals surface area contributed by atoms with Crippen LogP contribution in [0.5, 0.6) is 0 Å². The first-order valence-corrected chi connectivity index (χ1v) is 11.0. The van der Waals surface area contributed by atoms with Crippen molar-refractivity contribution in [3.8, 4) is 0 Å². The Hall–Kier alpha value is -1.85. The molecule has 1 aromatic heterocycles. The lowest BCUT2D eigenvalue weighted by atomic mass is 9.95. The van der Waals surface area contributed by atoms with Gasteiger partial charge in [0.1, 0.15) is 5.58 Å². The Kier molecular flexibility index (Phi) is 5.98. The second-order valence-corrected chi connectivity index (χ2v) is 9.12. The number of hydrogen-bond acceptors (Lipinski definition) is 4. The maximum absolute atomic E-state index is 12.9. The fourth-order valence-electron chi connectivity index (χ4n) is 4.96. The standard InChI is InChI=1S/C24H34N2O3/c1-16-5-6-22-21(15-28-24(22)19(16)4)11-23(27)26-9-7-20(8-10-26)14-25-12-17(2)29-18(3)13-25/h5-6,15,17-18,20H,7-14H2,1-4H3. The molecule has 2 fully saturated rings. The molecule has 2 aliphatic heterocycles. The van der Waals surface area contributed by atoms with Crippen molar-refractivity contribution in [1.29, 1.82) is 0 Å². The van der Waals surface area contributed by atoms with Crippen molar-refractivity contribution < 1.29 is 13.9 Å². The van der Waals surface area contributed by atoms with Gasteiger partial charge in [0.05, 0.1) is 24.9 Å². The van der Waals surface area contributed by atoms with Crippen LogP contribution in [-0.2, 0) is 16.0 Å². The van der Waals surface area contributed by atoms with Crippen LogP contribution in [0.4, 0.5) is 0 Å². The predicted molar refractivity (Wildman–Crippen MR) is 115 cm³/mol. The van der Waals surface area contributed by atoms with Gasteiger partial charge < -0.3 is 14.1 Å². The number of morpholine rings is 1. The van der Waals surface area contributed by atoms with E-state index in [4.69, 9.17) is 9.15 Å². The summed E-state index contributed by atoms with van der Waals surface area (Å²) in [6.07, 6.45) is 5.02. The minimum absolute atomic E-state index is 0.220. The summed E-state index contributed by atoms with van der Waals surface area (Å²) < 4.78 is 11.6. The third-order valence-electron chi connectivity index (χ3n) is 6.66. The van der Waals surface area contributed by atoms with Crippen LogP contribution in [0.3, 0.4) is 0 Å². The summed E-state index contributed by atoms with van der Waals surface area (Å²) in [5.41, 5.74) is 4.30. The minimum Gasteiger partial charge on any atom is -0.464 e. The highest BCUT2D eigenvalue weighted by Crippen LogP contribution is 2.28. The zero-order valence-corrected chi connectivity index (χ0v) is 18.2. The van der Waals surface area contributed by atoms with Crippen molar-refractivity contribution in [1.82, 2.24) is 9.80 Å². The van der Waals surface area contributed by atoms with Gasteiger partial charge in [-0.2, -0.15) is 0 Å². The molecule has 0 bridgehead atoms. The van der Waals surface area contributed by atoms with Gasteiger partial charge in [0.15, 0.2) is 0 Å². The topological polar surface area (TPSA) is 45.9 Å². The summed E-state index contributed by atoms with van der Waals surface area (Å²) in [5.74, 6) is 0.898. The number of aryl methyl sites for hydroxylation is 2. The van der Waals surface area contributed by atoms with Crippen molar-refractivity contribution in [2.24, 2.45) is 5.92 Å². The lowest BCUT2D eigenvalue weighted by Crippen LogP contribution is -2.48. The third kappa shape index (κ3) is 4.51. The Morgan fingerprint density at radius 3 is 2.48 bits per heavy atom. The van der Waals surface area contributed by atoms with Gasteiger partial charge in [-0.05, 0) is 57.6 Å². The molecule has 4 rings (SSSR count). The monoisotopic (exact) mass is 398 g/mol. The zero-order valence-electron chi connectivity index (χ0n) is 18.2. The SMILES string of the molecule is Cc1ccc2c(CC(=O)N3CCC(CN4CC(C)OC(C)C4)CC3)coc2c1C. The number of rotatable bonds is 4. The number of amides is 1. The molecule has 2 atom stereocenters. The average molecular weight is 399 g/mol. The summed E-state index contributed by atoms with van der Waals surface area (Å²) in [4.78, 5) is 17.5. The van der Waals surface area contributed by atoms with Gasteiger partial charge in [0.25, 0.3) is 0 Å². The molecule has 2 aromatic rings. The van der Waals surface area contributed by atoms with Gasteiger partial charge in [0, 0.05) is 43.7 Å². The van der Waals surface area contributed by atoms with Crippen LogP contribution in [0.25, 0.3) is 11.0 Å². The molecule has 0 N–H and O–H groups in total. The lowest BCUT2D eigenvalue weighted by molar-refractivity contribution is -0.132. The van der Waals surface area contributed by atoms with E-state index in [1.54, 1.807) is 6.26 Å². The summed E-state index contributed by atoms with van der Waals surface area (Å²) in [6.45, 7) is 13.4. The molecule has 158 valence electrons. The number of fused-ring (bicyclic) bond motifs is 1. The minimum atomic E-state index is 0.220. The van der Waals surface area contributed by atoms with E-state index in [1.165, 1.54) is 5.56 Å². The fourth-order valence-corrected chi connectivity index (χ4v) is 4.96. The molecule has 2 saturated heterocycles. The molecule has 0 radical (unpaired) electrons. The Morgan fingerprint density at radius 2 is 1.79 bits per heavy atom. The van der Waals surface area contributed by atoms with E-state index >= 15 is 0 Å². The van der Waals surface area contributed by atoms with Crippen LogP contribution in [-0.4, -0.2) is 60.6 Å². The average Bonchev–Trinajstić information content (AvgIpc) is 3.08. The van der Waals surface area contributed by atoms with Crippen LogP contribution in [0.1, 0.15) is 43.4 Å². The second-order valence-electron chi connectivity index (χ2n) is 9.12. The number of furan rings is 1. The Morgan fingerprint density at radius 1 is 1.10 bits per heavy atom. The summed E-state index contributed by atoms with van der Waals surface area (Å²) in [6, 6.07) is 4.19. The van der Waals surface area contributed by atoms with Crippen molar-refractivity contribution >= 4 is 16.9 Å². The molecule has 2 aliphatic rings. The van der Waals surface area contributed by atoms with Crippen molar-refractivity contribution in [2.75, 3.05) is 32.7 Å². The third-order valence-corrected chi connectivity index (χ3v) is 6.66. The summed E-state index contributed by atoms with van der Waals surface area (Å²) in [5, 5.41) is 1.08. The first-order chi connectivity index (χ1) is 13.9. The van der Waals surface area contributed by atoms with Crippen LogP contribution in [0.2, 0.25) is 0 Å². The maximum atomic E-state index is 12.9. The molecule has 5 heteroatoms. The second kappa shape index (κ2) is 8.49. The predicted octanol–water partition coefficient (Wildman–Crippen LogP) is 3.94. The van der Waals surface area contributed by atoms with E-state index in [1.807, 2.05) is 4.90 Å². The molecule has 3 heterocycles. The van der Waals surface area contributed by atoms with Crippen LogP contribution in [0, 0.1) is 19.8 Å². The molecule has 0 aliphatic carbocycles. The molecule has 5 nitrogen and oxygen atoms in total. The van der Waals surface area contributed by atoms with Gasteiger partial charge in [-0.15, -0.1) is 0 Å². The highest BCUT2D eigenvalue weighted by atomic mass is 16.5. The van der Waals surface area contributed by atoms with Crippen molar-refractivity contribution in [3.05, 3.63) is 35.1 Å². The highest BCUT2D eigenvalue weighted by molar-refractivity contribution is 5.89. The molecule has 29 heavy (non-hydrogen) atoms. The molecule has 2 unspecified atom stereocenters. The largest absolute Gasteiger partial charge is 0.464 e. The summed E-state index contributed by atoms with van der Waals surface area (Å²) >= 11 is 0. The fraction of sp³-hybridized carbons (Fsp3) is 0.625. The Balaban J connectivity index is 1.31. The van der Waals surface area contributed by atoms with E-state index < -0.39 is 0 Å². The smallest absolute Gasteiger partial charge is 0.227 e. The van der Waals surface area contributed by atoms with E-state index in [9.17, 15) is 4.79 Å². The Bertz CT molecular complexity index is 856. The maximum Gasteiger partial charge on any atom is 0.227 e. The number of piperidine rings is 1. The van der Waals surface area contributed by atoms with Crippen LogP contribution < -0.4 is 0 Å². The van der Waals surface area contributed by atoms with Crippen molar-refractivity contribution in [2.45, 2.75) is 59.2 Å². The Labute approximate surface area is 174 Å². The van der Waals surface area contributed by atoms with E-state index in [-0.39, 0.29) is 5.91 Å². The number of benzene rings is 1. The number of ether oxygens (including phenoxy) is 1. The molecular weight excluding hydrogens is 364 g/mol. The van der Waals surface area contributed by atoms with Gasteiger partial charge in [-0.3, -0.25) is 9.69 Å². The number of likely N-dealkylation sites (tertiary alicyclic amines) is 1. The van der Waals surface area contributed by atoms with Crippen LogP contribution >= 0.6 is 0 Å². The molecule has 0 saturated carbocycles. The molecule has 1 amide bonds. The van der Waals surface area contributed by atoms with Crippen LogP contribution in [0.15, 0.2) is 22.8 Å². The first-order valence-electron chi connectivity index (χ1n) is 11.0. The molecule has 1 aromatic carbocycles. The highest BCUT2D eigenvalue weighted by Gasteiger charge is 2.28. The lowest BCUT2D eigenvalue weighted by Gasteiger charge is -2.39. The normalized spacial score (nSPS) is 24.3. The number of nitrogens with zero attached hydrogens (tertiary/aromatic N) is 2. The van der Waals surface area contributed by atoms with Gasteiger partial charge in [-0.1, -0.05) is 12.1 Å². The number of hydrogen-bond donors (Lipinski definition) is 0. The quantitative estimate of drug-likeness (QED) is 0.783. The van der Waals surface area contributed by atoms with Crippen molar-refractivity contribution in [3.63, 3.8) is 0 Å². The number of carbonyl (C=O) groups is 1. The molecular formula is C24H34N2O3. The van der Waals surface area contributed by atoms with E-state index in [0.29, 0.717) is 24.5 Å². The van der Waals surface area contributed by atoms with E-state index in [2.05, 4.69) is 44.7 Å². The van der Waals surface area contributed by atoms with Gasteiger partial charge in [0.2, 0.25) is 5.91 Å². The zero-order chi connectivity index (χ0) is 20.5. The first kappa shape index (κ1) is 20.4. The summed E-state index contributed by atoms with van der Waals surface area (Å²) in [7, 11) is 0. The number of carbonyl (C=O) groups excluding carboxylic acids is 1. The van der Waals surface area contributed by atoms with E-state index in [0.717, 1.165) is 67.7 Å².